The van der Waals surface area contributed by atoms with Gasteiger partial charge in [-0.2, -0.15) is 0 Å². The summed E-state index contributed by atoms with van der Waals surface area (Å²) in [5.74, 6) is 0.460. The fourth-order valence-corrected chi connectivity index (χ4v) is 3.15. The van der Waals surface area contributed by atoms with Crippen molar-refractivity contribution in [2.75, 3.05) is 24.3 Å². The summed E-state index contributed by atoms with van der Waals surface area (Å²) in [5, 5.41) is 0. The molecule has 0 aliphatic carbocycles. The van der Waals surface area contributed by atoms with Gasteiger partial charge in [0.05, 0.1) is 29.7 Å². The Morgan fingerprint density at radius 1 is 1.30 bits per heavy atom. The van der Waals surface area contributed by atoms with Crippen molar-refractivity contribution < 1.29 is 22.4 Å². The molecule has 3 rings (SSSR count). The summed E-state index contributed by atoms with van der Waals surface area (Å²) >= 11 is 0. The van der Waals surface area contributed by atoms with Gasteiger partial charge in [-0.3, -0.25) is 4.79 Å². The van der Waals surface area contributed by atoms with Crippen LogP contribution in [0.15, 0.2) is 46.1 Å². The molecule has 0 atom stereocenters. The van der Waals surface area contributed by atoms with Gasteiger partial charge in [0.1, 0.15) is 12.4 Å². The van der Waals surface area contributed by atoms with Crippen LogP contribution in [0.25, 0.3) is 0 Å². The van der Waals surface area contributed by atoms with E-state index in [9.17, 15) is 13.2 Å². The molecule has 0 unspecified atom stereocenters. The second kappa shape index (κ2) is 6.08. The first-order chi connectivity index (χ1) is 10.9. The Hall–Kier alpha value is -2.28. The van der Waals surface area contributed by atoms with E-state index in [-0.39, 0.29) is 10.8 Å². The third-order valence-corrected chi connectivity index (χ3v) is 4.84. The van der Waals surface area contributed by atoms with Gasteiger partial charge >= 0.3 is 0 Å². The van der Waals surface area contributed by atoms with E-state index >= 15 is 0 Å². The molecule has 7 heteroatoms. The lowest BCUT2D eigenvalue weighted by Crippen LogP contribution is -2.38. The number of nitrogens with zero attached hydrogens (tertiary/aromatic N) is 1. The number of carbonyl (C=O) groups excluding carboxylic acids is 1. The van der Waals surface area contributed by atoms with E-state index in [1.807, 2.05) is 6.07 Å². The Balaban J connectivity index is 1.83. The van der Waals surface area contributed by atoms with Crippen LogP contribution in [0.3, 0.4) is 0 Å². The standard InChI is InChI=1S/C16H17NO5S/c1-23(19,20)13-3-4-15-14(10-13)17(7-9-22-15)16(18)5-2-12-6-8-21-11-12/h3-4,6,8,10-11H,2,5,7,9H2,1H3. The highest BCUT2D eigenvalue weighted by Crippen LogP contribution is 2.34. The first kappa shape index (κ1) is 15.6. The molecule has 2 aromatic rings. The summed E-state index contributed by atoms with van der Waals surface area (Å²) in [5.41, 5.74) is 1.47. The third-order valence-electron chi connectivity index (χ3n) is 3.73. The van der Waals surface area contributed by atoms with Crippen LogP contribution in [0.2, 0.25) is 0 Å². The van der Waals surface area contributed by atoms with Gasteiger partial charge < -0.3 is 14.1 Å². The molecule has 23 heavy (non-hydrogen) atoms. The predicted molar refractivity (Wildman–Crippen MR) is 84.4 cm³/mol. The minimum atomic E-state index is -3.34. The second-order valence-corrected chi connectivity index (χ2v) is 7.44. The molecule has 1 aliphatic heterocycles. The zero-order valence-corrected chi connectivity index (χ0v) is 13.5. The fourth-order valence-electron chi connectivity index (χ4n) is 2.51. The van der Waals surface area contributed by atoms with Crippen molar-refractivity contribution in [3.8, 4) is 5.75 Å². The summed E-state index contributed by atoms with van der Waals surface area (Å²) in [7, 11) is -3.34. The number of amides is 1. The molecule has 0 fully saturated rings. The Labute approximate surface area is 134 Å². The number of fused-ring (bicyclic) bond motifs is 1. The molecular weight excluding hydrogens is 318 g/mol. The quantitative estimate of drug-likeness (QED) is 0.854. The summed E-state index contributed by atoms with van der Waals surface area (Å²) in [6.45, 7) is 0.799. The fraction of sp³-hybridized carbons (Fsp3) is 0.312. The lowest BCUT2D eigenvalue weighted by atomic mass is 10.1. The van der Waals surface area contributed by atoms with Gasteiger partial charge in [0.15, 0.2) is 9.84 Å². The molecule has 0 N–H and O–H groups in total. The Morgan fingerprint density at radius 3 is 2.83 bits per heavy atom. The Kier molecular flexibility index (Phi) is 4.12. The topological polar surface area (TPSA) is 76.8 Å². The number of rotatable bonds is 4. The number of sulfone groups is 1. The van der Waals surface area contributed by atoms with Gasteiger partial charge in [-0.15, -0.1) is 0 Å². The van der Waals surface area contributed by atoms with Crippen LogP contribution in [-0.4, -0.2) is 33.7 Å². The first-order valence-corrected chi connectivity index (χ1v) is 9.12. The van der Waals surface area contributed by atoms with Gasteiger partial charge in [-0.05, 0) is 36.2 Å². The number of hydrogen-bond acceptors (Lipinski definition) is 5. The number of aryl methyl sites for hydroxylation is 1. The molecule has 122 valence electrons. The number of carbonyl (C=O) groups is 1. The number of ether oxygens (including phenoxy) is 1. The molecule has 6 nitrogen and oxygen atoms in total. The van der Waals surface area contributed by atoms with Gasteiger partial charge in [0, 0.05) is 12.7 Å². The highest BCUT2D eigenvalue weighted by Gasteiger charge is 2.25. The van der Waals surface area contributed by atoms with Crippen LogP contribution in [0.1, 0.15) is 12.0 Å². The van der Waals surface area contributed by atoms with Gasteiger partial charge in [0.25, 0.3) is 0 Å². The van der Waals surface area contributed by atoms with Gasteiger partial charge in [0.2, 0.25) is 5.91 Å². The van der Waals surface area contributed by atoms with Crippen molar-refractivity contribution in [3.05, 3.63) is 42.4 Å². The highest BCUT2D eigenvalue weighted by atomic mass is 32.2. The SMILES string of the molecule is CS(=O)(=O)c1ccc2c(c1)N(C(=O)CCc1ccoc1)CCO2. The Morgan fingerprint density at radius 2 is 2.13 bits per heavy atom. The average Bonchev–Trinajstić information content (AvgIpc) is 3.04. The second-order valence-electron chi connectivity index (χ2n) is 5.43. The van der Waals surface area contributed by atoms with Crippen molar-refractivity contribution in [2.24, 2.45) is 0 Å². The zero-order valence-electron chi connectivity index (χ0n) is 12.7. The number of benzene rings is 1. The normalized spacial score (nSPS) is 14.2. The van der Waals surface area contributed by atoms with E-state index < -0.39 is 9.84 Å². The molecule has 0 bridgehead atoms. The highest BCUT2D eigenvalue weighted by molar-refractivity contribution is 7.90. The number of anilines is 1. The molecule has 1 amide bonds. The lowest BCUT2D eigenvalue weighted by molar-refractivity contribution is -0.118. The van der Waals surface area contributed by atoms with E-state index in [0.717, 1.165) is 11.8 Å². The van der Waals surface area contributed by atoms with Crippen molar-refractivity contribution in [2.45, 2.75) is 17.7 Å². The smallest absolute Gasteiger partial charge is 0.227 e. The van der Waals surface area contributed by atoms with E-state index in [1.54, 1.807) is 23.5 Å². The van der Waals surface area contributed by atoms with Crippen molar-refractivity contribution >= 4 is 21.4 Å². The molecule has 1 aromatic carbocycles. The van der Waals surface area contributed by atoms with Crippen LogP contribution >= 0.6 is 0 Å². The van der Waals surface area contributed by atoms with Crippen LogP contribution in [-0.2, 0) is 21.1 Å². The summed E-state index contributed by atoms with van der Waals surface area (Å²) in [6.07, 6.45) is 5.23. The van der Waals surface area contributed by atoms with E-state index in [1.165, 1.54) is 12.1 Å². The molecule has 0 saturated heterocycles. The molecule has 0 spiro atoms. The first-order valence-electron chi connectivity index (χ1n) is 7.23. The van der Waals surface area contributed by atoms with Crippen molar-refractivity contribution in [1.29, 1.82) is 0 Å². The van der Waals surface area contributed by atoms with Crippen molar-refractivity contribution in [3.63, 3.8) is 0 Å². The van der Waals surface area contributed by atoms with E-state index in [0.29, 0.717) is 37.4 Å². The molecule has 0 saturated carbocycles. The summed E-state index contributed by atoms with van der Waals surface area (Å²) in [6, 6.07) is 6.41. The van der Waals surface area contributed by atoms with Crippen LogP contribution in [0, 0.1) is 0 Å². The lowest BCUT2D eigenvalue weighted by Gasteiger charge is -2.30. The largest absolute Gasteiger partial charge is 0.490 e. The zero-order chi connectivity index (χ0) is 16.4. The molecule has 1 aromatic heterocycles. The third kappa shape index (κ3) is 3.39. The van der Waals surface area contributed by atoms with Gasteiger partial charge in [-0.25, -0.2) is 8.42 Å². The van der Waals surface area contributed by atoms with Crippen LogP contribution in [0.4, 0.5) is 5.69 Å². The number of furan rings is 1. The van der Waals surface area contributed by atoms with Gasteiger partial charge in [-0.1, -0.05) is 0 Å². The Bertz CT molecular complexity index is 811. The van der Waals surface area contributed by atoms with E-state index in [4.69, 9.17) is 9.15 Å². The predicted octanol–water partition coefficient (Wildman–Crippen LogP) is 2.04. The van der Waals surface area contributed by atoms with E-state index in [2.05, 4.69) is 0 Å². The maximum atomic E-state index is 12.5. The monoisotopic (exact) mass is 335 g/mol. The van der Waals surface area contributed by atoms with Crippen LogP contribution < -0.4 is 9.64 Å². The minimum absolute atomic E-state index is 0.0681. The molecule has 2 heterocycles. The minimum Gasteiger partial charge on any atom is -0.490 e. The van der Waals surface area contributed by atoms with Crippen molar-refractivity contribution in [1.82, 2.24) is 0 Å². The molecule has 0 radical (unpaired) electrons. The summed E-state index contributed by atoms with van der Waals surface area (Å²) in [4.78, 5) is 14.3. The molecular formula is C16H17NO5S. The summed E-state index contributed by atoms with van der Waals surface area (Å²) < 4.78 is 34.0. The average molecular weight is 335 g/mol. The maximum Gasteiger partial charge on any atom is 0.227 e. The number of hydrogen-bond donors (Lipinski definition) is 0. The maximum absolute atomic E-state index is 12.5. The van der Waals surface area contributed by atoms with Crippen LogP contribution in [0.5, 0.6) is 5.75 Å². The molecule has 1 aliphatic rings.